The summed E-state index contributed by atoms with van der Waals surface area (Å²) < 4.78 is 13.2. The van der Waals surface area contributed by atoms with E-state index in [0.29, 0.717) is 24.1 Å². The van der Waals surface area contributed by atoms with Crippen molar-refractivity contribution in [2.75, 3.05) is 13.1 Å². The molecule has 6 heteroatoms. The van der Waals surface area contributed by atoms with Crippen LogP contribution < -0.4 is 0 Å². The van der Waals surface area contributed by atoms with E-state index in [4.69, 9.17) is 0 Å². The normalized spacial score (nSPS) is 18.7. The number of hydrogen-bond donors (Lipinski definition) is 0. The molecular formula is C22H21FN2O3. The van der Waals surface area contributed by atoms with Crippen LogP contribution >= 0.6 is 0 Å². The largest absolute Gasteiger partial charge is 0.336 e. The van der Waals surface area contributed by atoms with Crippen molar-refractivity contribution in [3.8, 4) is 0 Å². The van der Waals surface area contributed by atoms with Gasteiger partial charge in [-0.3, -0.25) is 19.3 Å². The van der Waals surface area contributed by atoms with Gasteiger partial charge in [0.05, 0.1) is 17.2 Å². The molecule has 3 amide bonds. The van der Waals surface area contributed by atoms with E-state index >= 15 is 0 Å². The Morgan fingerprint density at radius 1 is 1.00 bits per heavy atom. The molecule has 2 heterocycles. The van der Waals surface area contributed by atoms with Gasteiger partial charge in [-0.2, -0.15) is 0 Å². The van der Waals surface area contributed by atoms with Crippen molar-refractivity contribution in [3.05, 3.63) is 71.0 Å². The minimum atomic E-state index is -0.293. The third-order valence-corrected chi connectivity index (χ3v) is 5.48. The maximum absolute atomic E-state index is 13.2. The number of likely N-dealkylation sites (tertiary alicyclic amines) is 1. The summed E-state index contributed by atoms with van der Waals surface area (Å²) in [6.45, 7) is 0.904. The molecule has 5 nitrogen and oxygen atoms in total. The number of carbonyl (C=O) groups excluding carboxylic acids is 3. The van der Waals surface area contributed by atoms with Crippen LogP contribution in [0.5, 0.6) is 0 Å². The Hall–Kier alpha value is -3.02. The molecule has 144 valence electrons. The van der Waals surface area contributed by atoms with Crippen LogP contribution in [-0.4, -0.2) is 40.6 Å². The highest BCUT2D eigenvalue weighted by molar-refractivity contribution is 6.21. The topological polar surface area (TPSA) is 57.7 Å². The highest BCUT2D eigenvalue weighted by Gasteiger charge is 2.35. The van der Waals surface area contributed by atoms with E-state index in [0.717, 1.165) is 18.4 Å². The summed E-state index contributed by atoms with van der Waals surface area (Å²) in [4.78, 5) is 40.5. The summed E-state index contributed by atoms with van der Waals surface area (Å²) in [5, 5.41) is 0. The molecule has 28 heavy (non-hydrogen) atoms. The number of rotatable bonds is 5. The van der Waals surface area contributed by atoms with Crippen molar-refractivity contribution in [1.82, 2.24) is 9.80 Å². The zero-order valence-corrected chi connectivity index (χ0v) is 15.4. The highest BCUT2D eigenvalue weighted by Crippen LogP contribution is 2.32. The third kappa shape index (κ3) is 3.30. The summed E-state index contributed by atoms with van der Waals surface area (Å²) in [7, 11) is 0. The summed E-state index contributed by atoms with van der Waals surface area (Å²) in [6, 6.07) is 13.0. The first-order chi connectivity index (χ1) is 13.6. The quantitative estimate of drug-likeness (QED) is 0.745. The molecule has 4 rings (SSSR count). The zero-order chi connectivity index (χ0) is 19.7. The standard InChI is InChI=1S/C22H21FN2O3/c23-16-11-9-15(10-12-16)19-7-3-13-24(19)20(26)8-4-14-25-21(27)17-5-1-2-6-18(17)22(25)28/h1-2,5-6,9-12,19H,3-4,7-8,13-14H2. The molecule has 0 saturated carbocycles. The Labute approximate surface area is 162 Å². The van der Waals surface area contributed by atoms with Crippen LogP contribution in [0.3, 0.4) is 0 Å². The van der Waals surface area contributed by atoms with Gasteiger partial charge in [-0.15, -0.1) is 0 Å². The molecule has 1 atom stereocenters. The van der Waals surface area contributed by atoms with Crippen LogP contribution in [0.1, 0.15) is 58.0 Å². The summed E-state index contributed by atoms with van der Waals surface area (Å²) in [5.74, 6) is -0.874. The molecule has 0 spiro atoms. The van der Waals surface area contributed by atoms with Gasteiger partial charge in [0.15, 0.2) is 0 Å². The van der Waals surface area contributed by atoms with Gasteiger partial charge in [-0.25, -0.2) is 4.39 Å². The summed E-state index contributed by atoms with van der Waals surface area (Å²) in [5.41, 5.74) is 1.79. The lowest BCUT2D eigenvalue weighted by molar-refractivity contribution is -0.132. The lowest BCUT2D eigenvalue weighted by atomic mass is 10.0. The van der Waals surface area contributed by atoms with E-state index in [1.807, 2.05) is 4.90 Å². The molecule has 0 bridgehead atoms. The predicted molar refractivity (Wildman–Crippen MR) is 101 cm³/mol. The molecule has 1 saturated heterocycles. The fourth-order valence-corrected chi connectivity index (χ4v) is 4.07. The molecule has 1 fully saturated rings. The minimum absolute atomic E-state index is 0.00318. The van der Waals surface area contributed by atoms with Gasteiger partial charge in [0.1, 0.15) is 5.82 Å². The number of carbonyl (C=O) groups is 3. The average Bonchev–Trinajstić information content (AvgIpc) is 3.28. The first kappa shape index (κ1) is 18.3. The Balaban J connectivity index is 1.35. The lowest BCUT2D eigenvalue weighted by Crippen LogP contribution is -2.33. The molecular weight excluding hydrogens is 359 g/mol. The van der Waals surface area contributed by atoms with Crippen LogP contribution in [0.2, 0.25) is 0 Å². The number of hydrogen-bond acceptors (Lipinski definition) is 3. The van der Waals surface area contributed by atoms with Gasteiger partial charge in [-0.1, -0.05) is 24.3 Å². The molecule has 1 unspecified atom stereocenters. The van der Waals surface area contributed by atoms with Crippen molar-refractivity contribution < 1.29 is 18.8 Å². The maximum Gasteiger partial charge on any atom is 0.261 e. The second-order valence-corrected chi connectivity index (χ2v) is 7.21. The monoisotopic (exact) mass is 380 g/mol. The van der Waals surface area contributed by atoms with Gasteiger partial charge in [-0.05, 0) is 49.1 Å². The molecule has 0 aromatic heterocycles. The van der Waals surface area contributed by atoms with Crippen molar-refractivity contribution in [3.63, 3.8) is 0 Å². The van der Waals surface area contributed by atoms with Crippen molar-refractivity contribution in [2.24, 2.45) is 0 Å². The average molecular weight is 380 g/mol. The van der Waals surface area contributed by atoms with E-state index in [1.165, 1.54) is 17.0 Å². The van der Waals surface area contributed by atoms with Crippen molar-refractivity contribution in [2.45, 2.75) is 31.7 Å². The Bertz CT molecular complexity index is 891. The van der Waals surface area contributed by atoms with Gasteiger partial charge in [0, 0.05) is 19.5 Å². The first-order valence-corrected chi connectivity index (χ1v) is 9.56. The Morgan fingerprint density at radius 2 is 1.64 bits per heavy atom. The number of halogens is 1. The van der Waals surface area contributed by atoms with Crippen LogP contribution in [0, 0.1) is 5.82 Å². The molecule has 2 aromatic carbocycles. The molecule has 2 aromatic rings. The highest BCUT2D eigenvalue weighted by atomic mass is 19.1. The molecule has 2 aliphatic rings. The Kier molecular flexibility index (Phi) is 4.94. The van der Waals surface area contributed by atoms with Crippen LogP contribution in [0.15, 0.2) is 48.5 Å². The van der Waals surface area contributed by atoms with Gasteiger partial charge in [0.25, 0.3) is 11.8 Å². The van der Waals surface area contributed by atoms with Gasteiger partial charge < -0.3 is 4.90 Å². The third-order valence-electron chi connectivity index (χ3n) is 5.48. The second-order valence-electron chi connectivity index (χ2n) is 7.21. The lowest BCUT2D eigenvalue weighted by Gasteiger charge is -2.25. The summed E-state index contributed by atoms with van der Waals surface area (Å²) >= 11 is 0. The van der Waals surface area contributed by atoms with Crippen LogP contribution in [-0.2, 0) is 4.79 Å². The molecule has 0 N–H and O–H groups in total. The van der Waals surface area contributed by atoms with Crippen LogP contribution in [0.25, 0.3) is 0 Å². The number of imide groups is 1. The smallest absolute Gasteiger partial charge is 0.261 e. The fourth-order valence-electron chi connectivity index (χ4n) is 4.07. The van der Waals surface area contributed by atoms with Gasteiger partial charge >= 0.3 is 0 Å². The second kappa shape index (κ2) is 7.54. The SMILES string of the molecule is O=C1c2ccccc2C(=O)N1CCCC(=O)N1CCCC1c1ccc(F)cc1. The Morgan fingerprint density at radius 3 is 2.29 bits per heavy atom. The number of nitrogens with zero attached hydrogens (tertiary/aromatic N) is 2. The van der Waals surface area contributed by atoms with Crippen molar-refractivity contribution >= 4 is 17.7 Å². The van der Waals surface area contributed by atoms with E-state index in [2.05, 4.69) is 0 Å². The van der Waals surface area contributed by atoms with Crippen molar-refractivity contribution in [1.29, 1.82) is 0 Å². The molecule has 2 aliphatic heterocycles. The molecule has 0 aliphatic carbocycles. The predicted octanol–water partition coefficient (Wildman–Crippen LogP) is 3.57. The van der Waals surface area contributed by atoms with E-state index in [-0.39, 0.29) is 42.5 Å². The van der Waals surface area contributed by atoms with E-state index in [9.17, 15) is 18.8 Å². The maximum atomic E-state index is 13.2. The number of fused-ring (bicyclic) bond motifs is 1. The minimum Gasteiger partial charge on any atom is -0.336 e. The van der Waals surface area contributed by atoms with E-state index < -0.39 is 0 Å². The molecule has 0 radical (unpaired) electrons. The first-order valence-electron chi connectivity index (χ1n) is 9.56. The summed E-state index contributed by atoms with van der Waals surface area (Å²) in [6.07, 6.45) is 2.46. The number of amides is 3. The number of benzene rings is 2. The zero-order valence-electron chi connectivity index (χ0n) is 15.4. The van der Waals surface area contributed by atoms with Gasteiger partial charge in [0.2, 0.25) is 5.91 Å². The van der Waals surface area contributed by atoms with E-state index in [1.54, 1.807) is 36.4 Å². The fraction of sp³-hybridized carbons (Fsp3) is 0.318. The van der Waals surface area contributed by atoms with Crippen LogP contribution in [0.4, 0.5) is 4.39 Å².